The minimum absolute atomic E-state index is 0.0126. The highest BCUT2D eigenvalue weighted by Crippen LogP contribution is 2.22. The number of aliphatic hydroxyl groups excluding tert-OH is 1. The maximum atomic E-state index is 12.2. The average Bonchev–Trinajstić information content (AvgIpc) is 2.60. The highest BCUT2D eigenvalue weighted by molar-refractivity contribution is 5.87. The molecule has 0 fully saturated rings. The fourth-order valence-corrected chi connectivity index (χ4v) is 2.61. The Hall–Kier alpha value is -2.66. The van der Waals surface area contributed by atoms with E-state index in [1.165, 1.54) is 0 Å². The number of nitrogens with one attached hydrogen (secondary N) is 1. The molecule has 2 aromatic carbocycles. The highest BCUT2D eigenvalue weighted by Gasteiger charge is 2.25. The van der Waals surface area contributed by atoms with Crippen LogP contribution in [0.25, 0.3) is 0 Å². The minimum Gasteiger partial charge on any atom is -0.480 e. The van der Waals surface area contributed by atoms with Crippen molar-refractivity contribution in [2.24, 2.45) is 0 Å². The summed E-state index contributed by atoms with van der Waals surface area (Å²) in [7, 11) is 0. The van der Waals surface area contributed by atoms with E-state index >= 15 is 0 Å². The van der Waals surface area contributed by atoms with Crippen LogP contribution in [0.3, 0.4) is 0 Å². The quantitative estimate of drug-likeness (QED) is 0.744. The van der Waals surface area contributed by atoms with Gasteiger partial charge in [-0.15, -0.1) is 0 Å². The van der Waals surface area contributed by atoms with Crippen LogP contribution >= 0.6 is 0 Å². The molecule has 0 radical (unpaired) electrons. The van der Waals surface area contributed by atoms with Crippen LogP contribution in [0.1, 0.15) is 43.6 Å². The lowest BCUT2D eigenvalue weighted by molar-refractivity contribution is -0.143. The minimum atomic E-state index is -1.40. The monoisotopic (exact) mass is 355 g/mol. The van der Waals surface area contributed by atoms with Crippen molar-refractivity contribution in [2.45, 2.75) is 44.8 Å². The predicted molar refractivity (Wildman–Crippen MR) is 99.8 cm³/mol. The van der Waals surface area contributed by atoms with Crippen molar-refractivity contribution < 1.29 is 19.8 Å². The zero-order valence-corrected chi connectivity index (χ0v) is 15.3. The topological polar surface area (TPSA) is 86.6 Å². The molecular weight excluding hydrogens is 330 g/mol. The van der Waals surface area contributed by atoms with Crippen LogP contribution in [0, 0.1) is 0 Å². The summed E-state index contributed by atoms with van der Waals surface area (Å²) in [6.07, 6.45) is -1.26. The van der Waals surface area contributed by atoms with E-state index in [4.69, 9.17) is 0 Å². The molecule has 0 aliphatic carbocycles. The normalized spacial score (nSPS) is 13.7. The molecule has 138 valence electrons. The first-order valence-electron chi connectivity index (χ1n) is 8.54. The summed E-state index contributed by atoms with van der Waals surface area (Å²) in [5, 5.41) is 21.9. The van der Waals surface area contributed by atoms with Gasteiger partial charge in [-0.2, -0.15) is 0 Å². The molecule has 0 spiro atoms. The molecule has 0 unspecified atom stereocenters. The van der Waals surface area contributed by atoms with Crippen molar-refractivity contribution in [3.8, 4) is 0 Å². The Morgan fingerprint density at radius 1 is 1.00 bits per heavy atom. The molecule has 2 atom stereocenters. The van der Waals surface area contributed by atoms with Gasteiger partial charge < -0.3 is 15.5 Å². The third-order valence-corrected chi connectivity index (χ3v) is 4.24. The van der Waals surface area contributed by atoms with Gasteiger partial charge in [-0.25, -0.2) is 4.79 Å². The van der Waals surface area contributed by atoms with Crippen LogP contribution in [0.15, 0.2) is 54.6 Å². The van der Waals surface area contributed by atoms with Crippen LogP contribution in [0.2, 0.25) is 0 Å². The second kappa shape index (κ2) is 8.15. The van der Waals surface area contributed by atoms with Crippen LogP contribution in [-0.4, -0.2) is 28.1 Å². The SMILES string of the molecule is CC(C)(C)c1ccc(C[C@@H](NC(=O)[C@@H](O)c2ccccc2)C(=O)O)cc1. The lowest BCUT2D eigenvalue weighted by atomic mass is 9.86. The first-order valence-corrected chi connectivity index (χ1v) is 8.54. The fraction of sp³-hybridized carbons (Fsp3) is 0.333. The van der Waals surface area contributed by atoms with Gasteiger partial charge in [-0.05, 0) is 22.1 Å². The number of aliphatic hydroxyl groups is 1. The van der Waals surface area contributed by atoms with Gasteiger partial charge in [0.1, 0.15) is 6.04 Å². The second-order valence-electron chi connectivity index (χ2n) is 7.36. The van der Waals surface area contributed by atoms with E-state index in [9.17, 15) is 19.8 Å². The van der Waals surface area contributed by atoms with Crippen LogP contribution in [-0.2, 0) is 21.4 Å². The fourth-order valence-electron chi connectivity index (χ4n) is 2.61. The standard InChI is InChI=1S/C21H25NO4/c1-21(2,3)16-11-9-14(10-12-16)13-17(20(25)26)22-19(24)18(23)15-7-5-4-6-8-15/h4-12,17-18,23H,13H2,1-3H3,(H,22,24)(H,25,26)/t17-,18+/m1/s1. The number of carboxylic acid groups (broad SMARTS) is 1. The molecule has 5 nitrogen and oxygen atoms in total. The van der Waals surface area contributed by atoms with Gasteiger partial charge in [-0.1, -0.05) is 75.4 Å². The molecule has 2 aromatic rings. The first kappa shape index (κ1) is 19.7. The summed E-state index contributed by atoms with van der Waals surface area (Å²) >= 11 is 0. The molecule has 2 rings (SSSR count). The van der Waals surface area contributed by atoms with E-state index in [2.05, 4.69) is 26.1 Å². The Balaban J connectivity index is 2.07. The van der Waals surface area contributed by atoms with Gasteiger partial charge in [0.25, 0.3) is 5.91 Å². The zero-order valence-electron chi connectivity index (χ0n) is 15.3. The van der Waals surface area contributed by atoms with Crippen molar-refractivity contribution in [3.05, 3.63) is 71.3 Å². The number of carboxylic acids is 1. The Labute approximate surface area is 153 Å². The van der Waals surface area contributed by atoms with Gasteiger partial charge >= 0.3 is 5.97 Å². The first-order chi connectivity index (χ1) is 12.2. The number of amides is 1. The number of carbonyl (C=O) groups excluding carboxylic acids is 1. The van der Waals surface area contributed by atoms with E-state index in [1.807, 2.05) is 24.3 Å². The molecule has 0 heterocycles. The molecule has 0 bridgehead atoms. The molecule has 1 amide bonds. The molecule has 26 heavy (non-hydrogen) atoms. The molecule has 0 aliphatic rings. The Morgan fingerprint density at radius 2 is 1.58 bits per heavy atom. The molecule has 0 aromatic heterocycles. The number of rotatable bonds is 6. The van der Waals surface area contributed by atoms with Crippen molar-refractivity contribution in [3.63, 3.8) is 0 Å². The maximum Gasteiger partial charge on any atom is 0.326 e. The number of hydrogen-bond donors (Lipinski definition) is 3. The highest BCUT2D eigenvalue weighted by atomic mass is 16.4. The molecule has 0 saturated heterocycles. The Morgan fingerprint density at radius 3 is 2.08 bits per heavy atom. The summed E-state index contributed by atoms with van der Waals surface area (Å²) < 4.78 is 0. The van der Waals surface area contributed by atoms with E-state index in [0.29, 0.717) is 5.56 Å². The van der Waals surface area contributed by atoms with Crippen molar-refractivity contribution in [1.29, 1.82) is 0 Å². The number of benzene rings is 2. The predicted octanol–water partition coefficient (Wildman–Crippen LogP) is 2.83. The summed E-state index contributed by atoms with van der Waals surface area (Å²) in [5.41, 5.74) is 2.39. The average molecular weight is 355 g/mol. The van der Waals surface area contributed by atoms with E-state index in [0.717, 1.165) is 11.1 Å². The second-order valence-corrected chi connectivity index (χ2v) is 7.36. The van der Waals surface area contributed by atoms with E-state index < -0.39 is 24.0 Å². The number of carbonyl (C=O) groups is 2. The maximum absolute atomic E-state index is 12.2. The third-order valence-electron chi connectivity index (χ3n) is 4.24. The van der Waals surface area contributed by atoms with Crippen LogP contribution in [0.5, 0.6) is 0 Å². The molecular formula is C21H25NO4. The third kappa shape index (κ3) is 5.17. The summed E-state index contributed by atoms with van der Waals surface area (Å²) in [6, 6.07) is 15.0. The molecule has 0 aliphatic heterocycles. The summed E-state index contributed by atoms with van der Waals surface area (Å²) in [5.74, 6) is -1.87. The lowest BCUT2D eigenvalue weighted by Crippen LogP contribution is -2.44. The van der Waals surface area contributed by atoms with Crippen LogP contribution in [0.4, 0.5) is 0 Å². The Bertz CT molecular complexity index is 748. The van der Waals surface area contributed by atoms with Gasteiger partial charge in [0, 0.05) is 6.42 Å². The molecule has 5 heteroatoms. The van der Waals surface area contributed by atoms with Crippen LogP contribution < -0.4 is 5.32 Å². The van der Waals surface area contributed by atoms with Gasteiger partial charge in [0.2, 0.25) is 0 Å². The van der Waals surface area contributed by atoms with Crippen molar-refractivity contribution in [1.82, 2.24) is 5.32 Å². The summed E-state index contributed by atoms with van der Waals surface area (Å²) in [4.78, 5) is 23.7. The van der Waals surface area contributed by atoms with Gasteiger partial charge in [0.05, 0.1) is 0 Å². The zero-order chi connectivity index (χ0) is 19.3. The van der Waals surface area contributed by atoms with E-state index in [-0.39, 0.29) is 11.8 Å². The molecule has 3 N–H and O–H groups in total. The lowest BCUT2D eigenvalue weighted by Gasteiger charge is -2.20. The number of hydrogen-bond acceptors (Lipinski definition) is 3. The van der Waals surface area contributed by atoms with Gasteiger partial charge in [-0.3, -0.25) is 4.79 Å². The summed E-state index contributed by atoms with van der Waals surface area (Å²) in [6.45, 7) is 6.31. The van der Waals surface area contributed by atoms with Crippen molar-refractivity contribution >= 4 is 11.9 Å². The number of aliphatic carboxylic acids is 1. The van der Waals surface area contributed by atoms with Crippen molar-refractivity contribution in [2.75, 3.05) is 0 Å². The Kier molecular flexibility index (Phi) is 6.16. The van der Waals surface area contributed by atoms with Gasteiger partial charge in [0.15, 0.2) is 6.10 Å². The van der Waals surface area contributed by atoms with E-state index in [1.54, 1.807) is 30.3 Å². The largest absolute Gasteiger partial charge is 0.480 e. The smallest absolute Gasteiger partial charge is 0.326 e. The molecule has 0 saturated carbocycles.